The van der Waals surface area contributed by atoms with Gasteiger partial charge < -0.3 is 33.8 Å². The van der Waals surface area contributed by atoms with Crippen LogP contribution in [0.15, 0.2) is 0 Å². The van der Waals surface area contributed by atoms with Gasteiger partial charge in [0.25, 0.3) is 0 Å². The first kappa shape index (κ1) is 87.1. The summed E-state index contributed by atoms with van der Waals surface area (Å²) in [7, 11) is -9.89. The van der Waals surface area contributed by atoms with Crippen molar-refractivity contribution in [2.45, 2.75) is 369 Å². The number of ether oxygens (including phenoxy) is 4. The SMILES string of the molecule is CCCCCCCC(=O)OC[C@H](COP(=O)(O)OC[C@H](O)COP(=O)(O)OC[C@@H](COC(=O)CCCCCCCCCCCCCCCCC(C)C)OC(=O)CCCCCCCCCCCCCCCCC(C)C)OC(=O)CCCCCCCCCC(C)C. The van der Waals surface area contributed by atoms with Gasteiger partial charge in [0.1, 0.15) is 19.3 Å². The third-order valence-electron chi connectivity index (χ3n) is 16.1. The molecule has 5 atom stereocenters. The molecule has 0 saturated carbocycles. The van der Waals surface area contributed by atoms with E-state index in [1.54, 1.807) is 0 Å². The summed E-state index contributed by atoms with van der Waals surface area (Å²) in [5.74, 6) is 0.151. The van der Waals surface area contributed by atoms with Crippen LogP contribution in [0.3, 0.4) is 0 Å². The third kappa shape index (κ3) is 64.6. The number of aliphatic hydroxyl groups is 1. The highest BCUT2D eigenvalue weighted by atomic mass is 31.2. The van der Waals surface area contributed by atoms with E-state index in [1.165, 1.54) is 154 Å². The fraction of sp³-hybridized carbons (Fsp3) is 0.943. The molecule has 0 amide bonds. The quantitative estimate of drug-likeness (QED) is 0.0222. The van der Waals surface area contributed by atoms with Crippen LogP contribution in [0.4, 0.5) is 0 Å². The molecular weight excluding hydrogens is 1170 g/mol. The predicted molar refractivity (Wildman–Crippen MR) is 358 cm³/mol. The van der Waals surface area contributed by atoms with Gasteiger partial charge in [-0.05, 0) is 43.4 Å². The maximum atomic E-state index is 13.0. The molecule has 0 aliphatic heterocycles. The third-order valence-corrected chi connectivity index (χ3v) is 18.0. The predicted octanol–water partition coefficient (Wildman–Crippen LogP) is 19.8. The molecule has 17 nitrogen and oxygen atoms in total. The second-order valence-electron chi connectivity index (χ2n) is 26.7. The number of aliphatic hydroxyl groups excluding tert-OH is 1. The van der Waals surface area contributed by atoms with E-state index in [1.807, 2.05) is 0 Å². The summed E-state index contributed by atoms with van der Waals surface area (Å²) in [6.07, 6.45) is 45.0. The van der Waals surface area contributed by atoms with Crippen LogP contribution in [0.1, 0.15) is 350 Å². The van der Waals surface area contributed by atoms with Gasteiger partial charge in [0.05, 0.1) is 26.4 Å². The molecule has 19 heteroatoms. The lowest BCUT2D eigenvalue weighted by Gasteiger charge is -2.21. The standard InChI is InChI=1S/C70H136O17P2/c1-8-9-10-34-44-51-67(72)80-57-65(86-70(75)54-47-40-33-27-30-37-43-50-63(6)7)59-84-88(76,77)82-55-64(71)56-83-89(78,79)85-60-66(87-69(74)53-46-39-32-26-22-18-14-12-16-20-24-29-36-42-49-62(4)5)58-81-68(73)52-45-38-31-25-21-17-13-11-15-19-23-28-35-41-48-61(2)3/h61-66,71H,8-60H2,1-7H3,(H,76,77)(H,78,79)/t64-,65+,66+/m0/s1. The summed E-state index contributed by atoms with van der Waals surface area (Å²) in [5, 5.41) is 10.5. The van der Waals surface area contributed by atoms with Crippen molar-refractivity contribution in [2.24, 2.45) is 17.8 Å². The summed E-state index contributed by atoms with van der Waals surface area (Å²) >= 11 is 0. The van der Waals surface area contributed by atoms with E-state index in [4.69, 9.17) is 37.0 Å². The highest BCUT2D eigenvalue weighted by Gasteiger charge is 2.30. The lowest BCUT2D eigenvalue weighted by Crippen LogP contribution is -2.30. The Hall–Kier alpha value is -1.94. The molecule has 0 aromatic heterocycles. The van der Waals surface area contributed by atoms with Crippen LogP contribution in [0.2, 0.25) is 0 Å². The normalized spacial score (nSPS) is 14.2. The Balaban J connectivity index is 5.15. The van der Waals surface area contributed by atoms with E-state index in [2.05, 4.69) is 48.5 Å². The number of phosphoric ester groups is 2. The van der Waals surface area contributed by atoms with Crippen LogP contribution in [-0.2, 0) is 65.4 Å². The van der Waals surface area contributed by atoms with Gasteiger partial charge in [-0.2, -0.15) is 0 Å². The Bertz CT molecular complexity index is 1750. The molecule has 0 rings (SSSR count). The molecule has 0 aliphatic carbocycles. The number of rotatable bonds is 68. The first-order valence-corrected chi connectivity index (χ1v) is 39.3. The number of phosphoric acid groups is 2. The van der Waals surface area contributed by atoms with E-state index in [9.17, 15) is 43.2 Å². The Kier molecular flexibility index (Phi) is 59.6. The maximum absolute atomic E-state index is 13.0. The van der Waals surface area contributed by atoms with Gasteiger partial charge in [0, 0.05) is 25.7 Å². The Morgan fingerprint density at radius 3 is 0.764 bits per heavy atom. The maximum Gasteiger partial charge on any atom is 0.472 e. The fourth-order valence-electron chi connectivity index (χ4n) is 10.5. The molecule has 0 bridgehead atoms. The highest BCUT2D eigenvalue weighted by Crippen LogP contribution is 2.45. The van der Waals surface area contributed by atoms with Crippen LogP contribution in [0, 0.1) is 17.8 Å². The zero-order chi connectivity index (χ0) is 65.9. The van der Waals surface area contributed by atoms with Crippen LogP contribution >= 0.6 is 15.6 Å². The molecule has 2 unspecified atom stereocenters. The highest BCUT2D eigenvalue weighted by molar-refractivity contribution is 7.47. The Labute approximate surface area is 543 Å². The zero-order valence-electron chi connectivity index (χ0n) is 57.9. The molecule has 0 aliphatic rings. The van der Waals surface area contributed by atoms with Crippen LogP contribution < -0.4 is 0 Å². The summed E-state index contributed by atoms with van der Waals surface area (Å²) in [6.45, 7) is 11.7. The van der Waals surface area contributed by atoms with Crippen LogP contribution in [-0.4, -0.2) is 96.7 Å². The molecule has 0 saturated heterocycles. The largest absolute Gasteiger partial charge is 0.472 e. The molecule has 0 radical (unpaired) electrons. The van der Waals surface area contributed by atoms with Crippen molar-refractivity contribution in [1.82, 2.24) is 0 Å². The number of hydrogen-bond donors (Lipinski definition) is 3. The molecule has 0 heterocycles. The lowest BCUT2D eigenvalue weighted by molar-refractivity contribution is -0.161. The molecular formula is C70H136O17P2. The van der Waals surface area contributed by atoms with Gasteiger partial charge in [0.15, 0.2) is 12.2 Å². The van der Waals surface area contributed by atoms with Gasteiger partial charge in [-0.25, -0.2) is 9.13 Å². The van der Waals surface area contributed by atoms with Gasteiger partial charge in [-0.15, -0.1) is 0 Å². The van der Waals surface area contributed by atoms with Crippen LogP contribution in [0.5, 0.6) is 0 Å². The minimum absolute atomic E-state index is 0.102. The summed E-state index contributed by atoms with van der Waals surface area (Å²) < 4.78 is 68.0. The van der Waals surface area contributed by atoms with Gasteiger partial charge in [0.2, 0.25) is 0 Å². The van der Waals surface area contributed by atoms with E-state index in [0.717, 1.165) is 108 Å². The van der Waals surface area contributed by atoms with E-state index >= 15 is 0 Å². The first-order valence-electron chi connectivity index (χ1n) is 36.3. The molecule has 528 valence electrons. The summed E-state index contributed by atoms with van der Waals surface area (Å²) in [6, 6.07) is 0. The molecule has 89 heavy (non-hydrogen) atoms. The van der Waals surface area contributed by atoms with Gasteiger partial charge >= 0.3 is 39.5 Å². The first-order chi connectivity index (χ1) is 42.7. The zero-order valence-corrected chi connectivity index (χ0v) is 59.7. The number of carbonyl (C=O) groups excluding carboxylic acids is 4. The van der Waals surface area contributed by atoms with E-state index < -0.39 is 97.5 Å². The average molecular weight is 1310 g/mol. The second kappa shape index (κ2) is 61.0. The smallest absolute Gasteiger partial charge is 0.462 e. The topological polar surface area (TPSA) is 237 Å². The van der Waals surface area contributed by atoms with Gasteiger partial charge in [-0.1, -0.05) is 299 Å². The number of carbonyl (C=O) groups is 4. The van der Waals surface area contributed by atoms with Crippen molar-refractivity contribution >= 4 is 39.5 Å². The Morgan fingerprint density at radius 2 is 0.517 bits per heavy atom. The van der Waals surface area contributed by atoms with Crippen molar-refractivity contribution in [3.8, 4) is 0 Å². The van der Waals surface area contributed by atoms with Gasteiger partial charge in [-0.3, -0.25) is 37.3 Å². The van der Waals surface area contributed by atoms with Crippen molar-refractivity contribution in [1.29, 1.82) is 0 Å². The van der Waals surface area contributed by atoms with E-state index in [-0.39, 0.29) is 25.7 Å². The molecule has 0 aromatic rings. The summed E-state index contributed by atoms with van der Waals surface area (Å²) in [5.41, 5.74) is 0. The second-order valence-corrected chi connectivity index (χ2v) is 29.6. The number of hydrogen-bond acceptors (Lipinski definition) is 15. The van der Waals surface area contributed by atoms with Crippen LogP contribution in [0.25, 0.3) is 0 Å². The molecule has 0 fully saturated rings. The minimum atomic E-state index is -4.95. The summed E-state index contributed by atoms with van der Waals surface area (Å²) in [4.78, 5) is 72.2. The number of esters is 4. The van der Waals surface area contributed by atoms with Crippen molar-refractivity contribution in [3.63, 3.8) is 0 Å². The fourth-order valence-corrected chi connectivity index (χ4v) is 12.1. The Morgan fingerprint density at radius 1 is 0.303 bits per heavy atom. The van der Waals surface area contributed by atoms with E-state index in [0.29, 0.717) is 31.6 Å². The monoisotopic (exact) mass is 1310 g/mol. The average Bonchev–Trinajstić information content (AvgIpc) is 3.70. The molecule has 0 spiro atoms. The number of unbranched alkanes of at least 4 members (excludes halogenated alkanes) is 36. The van der Waals surface area contributed by atoms with Crippen molar-refractivity contribution in [3.05, 3.63) is 0 Å². The molecule has 3 N–H and O–H groups in total. The minimum Gasteiger partial charge on any atom is -0.462 e. The van der Waals surface area contributed by atoms with Crippen molar-refractivity contribution < 1.29 is 80.2 Å². The van der Waals surface area contributed by atoms with Crippen molar-refractivity contribution in [2.75, 3.05) is 39.6 Å². The molecule has 0 aromatic carbocycles. The lowest BCUT2D eigenvalue weighted by atomic mass is 10.0.